The second kappa shape index (κ2) is 8.05. The van der Waals surface area contributed by atoms with Gasteiger partial charge in [-0.15, -0.1) is 0 Å². The number of benzene rings is 1. The Morgan fingerprint density at radius 1 is 1.24 bits per heavy atom. The number of hydrogen-bond acceptors (Lipinski definition) is 3. The zero-order chi connectivity index (χ0) is 15.1. The lowest BCUT2D eigenvalue weighted by Gasteiger charge is -2.27. The first-order valence-corrected chi connectivity index (χ1v) is 7.29. The maximum absolute atomic E-state index is 13.4. The van der Waals surface area contributed by atoms with Crippen LogP contribution in [0.15, 0.2) is 18.2 Å². The predicted octanol–water partition coefficient (Wildman–Crippen LogP) is 0.919. The molecule has 1 aromatic rings. The van der Waals surface area contributed by atoms with Crippen LogP contribution in [-0.4, -0.2) is 50.1 Å². The molecule has 0 radical (unpaired) electrons. The first kappa shape index (κ1) is 15.9. The zero-order valence-corrected chi connectivity index (χ0v) is 12.0. The molecule has 0 saturated carbocycles. The molecule has 0 atom stereocenters. The van der Waals surface area contributed by atoms with Crippen molar-refractivity contribution in [3.05, 3.63) is 35.4 Å². The van der Waals surface area contributed by atoms with Crippen LogP contribution in [0.1, 0.15) is 12.0 Å². The van der Waals surface area contributed by atoms with E-state index < -0.39 is 11.6 Å². The lowest BCUT2D eigenvalue weighted by atomic mass is 10.1. The molecule has 6 heteroatoms. The third-order valence-electron chi connectivity index (χ3n) is 3.58. The highest BCUT2D eigenvalue weighted by Gasteiger charge is 2.13. The summed E-state index contributed by atoms with van der Waals surface area (Å²) in [6, 6.07) is 3.62. The topological polar surface area (TPSA) is 44.4 Å². The van der Waals surface area contributed by atoms with E-state index in [2.05, 4.69) is 15.5 Å². The predicted molar refractivity (Wildman–Crippen MR) is 77.0 cm³/mol. The van der Waals surface area contributed by atoms with Gasteiger partial charge in [-0.05, 0) is 25.1 Å². The van der Waals surface area contributed by atoms with E-state index in [4.69, 9.17) is 0 Å². The molecule has 0 spiro atoms. The first-order chi connectivity index (χ1) is 10.2. The van der Waals surface area contributed by atoms with Gasteiger partial charge in [0.05, 0.1) is 6.42 Å². The summed E-state index contributed by atoms with van der Waals surface area (Å²) in [5, 5.41) is 5.99. The largest absolute Gasteiger partial charge is 0.356 e. The molecular weight excluding hydrogens is 276 g/mol. The average Bonchev–Trinajstić information content (AvgIpc) is 2.49. The van der Waals surface area contributed by atoms with Gasteiger partial charge in [-0.2, -0.15) is 0 Å². The van der Waals surface area contributed by atoms with Crippen molar-refractivity contribution in [2.75, 3.05) is 39.3 Å². The van der Waals surface area contributed by atoms with Gasteiger partial charge in [0.2, 0.25) is 5.91 Å². The van der Waals surface area contributed by atoms with Crippen LogP contribution in [0.4, 0.5) is 8.78 Å². The number of nitrogens with zero attached hydrogens (tertiary/aromatic N) is 1. The van der Waals surface area contributed by atoms with E-state index in [1.807, 2.05) is 0 Å². The van der Waals surface area contributed by atoms with Gasteiger partial charge in [0, 0.05) is 38.3 Å². The minimum Gasteiger partial charge on any atom is -0.356 e. The molecule has 0 aromatic heterocycles. The molecule has 1 saturated heterocycles. The quantitative estimate of drug-likeness (QED) is 0.768. The summed E-state index contributed by atoms with van der Waals surface area (Å²) in [7, 11) is 0. The summed E-state index contributed by atoms with van der Waals surface area (Å²) < 4.78 is 26.8. The lowest BCUT2D eigenvalue weighted by Crippen LogP contribution is -2.44. The Bertz CT molecular complexity index is 456. The average molecular weight is 297 g/mol. The number of nitrogens with one attached hydrogen (secondary N) is 2. The van der Waals surface area contributed by atoms with Gasteiger partial charge in [0.1, 0.15) is 11.6 Å². The summed E-state index contributed by atoms with van der Waals surface area (Å²) in [5.41, 5.74) is -0.169. The molecule has 0 unspecified atom stereocenters. The Hall–Kier alpha value is -1.53. The van der Waals surface area contributed by atoms with Crippen molar-refractivity contribution in [3.63, 3.8) is 0 Å². The Balaban J connectivity index is 1.67. The van der Waals surface area contributed by atoms with Crippen LogP contribution in [0, 0.1) is 11.6 Å². The van der Waals surface area contributed by atoms with Gasteiger partial charge in [-0.25, -0.2) is 8.78 Å². The van der Waals surface area contributed by atoms with Crippen LogP contribution in [0.3, 0.4) is 0 Å². The molecule has 1 aliphatic rings. The third kappa shape index (κ3) is 5.06. The van der Waals surface area contributed by atoms with Crippen LogP contribution in [0.5, 0.6) is 0 Å². The van der Waals surface area contributed by atoms with Gasteiger partial charge in [0.15, 0.2) is 0 Å². The van der Waals surface area contributed by atoms with Crippen LogP contribution >= 0.6 is 0 Å². The van der Waals surface area contributed by atoms with Gasteiger partial charge < -0.3 is 15.5 Å². The molecule has 1 heterocycles. The van der Waals surface area contributed by atoms with Crippen LogP contribution in [-0.2, 0) is 11.2 Å². The van der Waals surface area contributed by atoms with E-state index in [1.165, 1.54) is 6.07 Å². The molecule has 21 heavy (non-hydrogen) atoms. The molecule has 1 fully saturated rings. The fourth-order valence-electron chi connectivity index (χ4n) is 2.39. The second-order valence-electron chi connectivity index (χ2n) is 5.17. The number of carbonyl (C=O) groups is 1. The number of piperazine rings is 1. The van der Waals surface area contributed by atoms with Gasteiger partial charge >= 0.3 is 0 Å². The summed E-state index contributed by atoms with van der Waals surface area (Å²) in [5.74, 6) is -1.70. The number of rotatable bonds is 6. The lowest BCUT2D eigenvalue weighted by molar-refractivity contribution is -0.120. The van der Waals surface area contributed by atoms with Crippen molar-refractivity contribution in [1.82, 2.24) is 15.5 Å². The molecule has 1 aromatic carbocycles. The normalized spacial score (nSPS) is 15.9. The SMILES string of the molecule is O=C(Cc1c(F)cccc1F)NCCCN1CCNCC1. The van der Waals surface area contributed by atoms with Crippen molar-refractivity contribution in [2.24, 2.45) is 0 Å². The van der Waals surface area contributed by atoms with Gasteiger partial charge in [-0.3, -0.25) is 4.79 Å². The van der Waals surface area contributed by atoms with Crippen LogP contribution < -0.4 is 10.6 Å². The number of hydrogen-bond donors (Lipinski definition) is 2. The molecule has 2 N–H and O–H groups in total. The molecule has 4 nitrogen and oxygen atoms in total. The van der Waals surface area contributed by atoms with E-state index >= 15 is 0 Å². The van der Waals surface area contributed by atoms with E-state index in [-0.39, 0.29) is 17.9 Å². The molecular formula is C15H21F2N3O. The van der Waals surface area contributed by atoms with Crippen molar-refractivity contribution in [3.8, 4) is 0 Å². The molecule has 2 rings (SSSR count). The highest BCUT2D eigenvalue weighted by atomic mass is 19.1. The number of carbonyl (C=O) groups excluding carboxylic acids is 1. The van der Waals surface area contributed by atoms with E-state index in [0.717, 1.165) is 51.3 Å². The Labute approximate surface area is 123 Å². The highest BCUT2D eigenvalue weighted by Crippen LogP contribution is 2.12. The van der Waals surface area contributed by atoms with E-state index in [0.29, 0.717) is 6.54 Å². The van der Waals surface area contributed by atoms with Crippen molar-refractivity contribution >= 4 is 5.91 Å². The molecule has 0 bridgehead atoms. The molecule has 1 aliphatic heterocycles. The summed E-state index contributed by atoms with van der Waals surface area (Å²) in [6.45, 7) is 5.50. The first-order valence-electron chi connectivity index (χ1n) is 7.29. The molecule has 1 amide bonds. The number of halogens is 2. The van der Waals surface area contributed by atoms with Gasteiger partial charge in [-0.1, -0.05) is 6.07 Å². The summed E-state index contributed by atoms with van der Waals surface area (Å²) >= 11 is 0. The fraction of sp³-hybridized carbons (Fsp3) is 0.533. The fourth-order valence-corrected chi connectivity index (χ4v) is 2.39. The molecule has 0 aliphatic carbocycles. The Morgan fingerprint density at radius 3 is 2.57 bits per heavy atom. The van der Waals surface area contributed by atoms with Gasteiger partial charge in [0.25, 0.3) is 0 Å². The van der Waals surface area contributed by atoms with Crippen LogP contribution in [0.2, 0.25) is 0 Å². The van der Waals surface area contributed by atoms with Crippen LogP contribution in [0.25, 0.3) is 0 Å². The highest BCUT2D eigenvalue weighted by molar-refractivity contribution is 5.78. The van der Waals surface area contributed by atoms with Crippen molar-refractivity contribution < 1.29 is 13.6 Å². The number of amides is 1. The Morgan fingerprint density at radius 2 is 1.90 bits per heavy atom. The molecule has 116 valence electrons. The monoisotopic (exact) mass is 297 g/mol. The standard InChI is InChI=1S/C15H21F2N3O/c16-13-3-1-4-14(17)12(13)11-15(21)19-5-2-8-20-9-6-18-7-10-20/h1,3-4,18H,2,5-11H2,(H,19,21). The van der Waals surface area contributed by atoms with Crippen molar-refractivity contribution in [2.45, 2.75) is 12.8 Å². The maximum atomic E-state index is 13.4. The third-order valence-corrected chi connectivity index (χ3v) is 3.58. The zero-order valence-electron chi connectivity index (χ0n) is 12.0. The van der Waals surface area contributed by atoms with E-state index in [1.54, 1.807) is 0 Å². The summed E-state index contributed by atoms with van der Waals surface area (Å²) in [6.07, 6.45) is 0.581. The second-order valence-corrected chi connectivity index (χ2v) is 5.17. The summed E-state index contributed by atoms with van der Waals surface area (Å²) in [4.78, 5) is 14.0. The van der Waals surface area contributed by atoms with E-state index in [9.17, 15) is 13.6 Å². The smallest absolute Gasteiger partial charge is 0.224 e. The maximum Gasteiger partial charge on any atom is 0.224 e. The van der Waals surface area contributed by atoms with Crippen molar-refractivity contribution in [1.29, 1.82) is 0 Å². The Kier molecular flexibility index (Phi) is 6.07. The minimum absolute atomic E-state index is 0.169. The minimum atomic E-state index is -0.675.